The fourth-order valence-corrected chi connectivity index (χ4v) is 2.10. The molecule has 0 spiro atoms. The lowest BCUT2D eigenvalue weighted by molar-refractivity contribution is 0.404. The van der Waals surface area contributed by atoms with E-state index in [1.807, 2.05) is 19.1 Å². The number of aryl methyl sites for hydroxylation is 1. The highest BCUT2D eigenvalue weighted by molar-refractivity contribution is 5.41. The summed E-state index contributed by atoms with van der Waals surface area (Å²) >= 11 is 0. The third kappa shape index (κ3) is 3.52. The maximum absolute atomic E-state index is 10.0. The molecular formula is C17H21NO2. The number of ether oxygens (including phenoxy) is 1. The monoisotopic (exact) mass is 271 g/mol. The highest BCUT2D eigenvalue weighted by atomic mass is 16.5. The molecule has 0 bridgehead atoms. The molecule has 0 amide bonds. The van der Waals surface area contributed by atoms with Crippen LogP contribution in [0.5, 0.6) is 11.5 Å². The zero-order valence-electron chi connectivity index (χ0n) is 12.2. The van der Waals surface area contributed by atoms with Crippen molar-refractivity contribution < 1.29 is 9.84 Å². The zero-order valence-corrected chi connectivity index (χ0v) is 12.2. The normalized spacial score (nSPS) is 12.2. The van der Waals surface area contributed by atoms with Gasteiger partial charge in [0.15, 0.2) is 0 Å². The summed E-state index contributed by atoms with van der Waals surface area (Å²) in [4.78, 5) is 0. The third-order valence-electron chi connectivity index (χ3n) is 3.44. The number of methoxy groups -OCH3 is 1. The van der Waals surface area contributed by atoms with Crippen LogP contribution in [0.3, 0.4) is 0 Å². The second-order valence-electron chi connectivity index (χ2n) is 5.01. The fraction of sp³-hybridized carbons (Fsp3) is 0.294. The van der Waals surface area contributed by atoms with Gasteiger partial charge in [-0.15, -0.1) is 0 Å². The molecule has 2 aromatic carbocycles. The minimum atomic E-state index is 0.0715. The Kier molecular flexibility index (Phi) is 4.64. The number of rotatable bonds is 5. The SMILES string of the molecule is COc1ccc(C(C)NCc2ccc(C)cc2)c(O)c1. The van der Waals surface area contributed by atoms with Crippen molar-refractivity contribution in [2.75, 3.05) is 7.11 Å². The molecule has 0 aliphatic carbocycles. The predicted molar refractivity (Wildman–Crippen MR) is 81.1 cm³/mol. The predicted octanol–water partition coefficient (Wildman–Crippen LogP) is 3.56. The minimum absolute atomic E-state index is 0.0715. The van der Waals surface area contributed by atoms with Crippen LogP contribution in [-0.2, 0) is 6.54 Å². The van der Waals surface area contributed by atoms with Crippen molar-refractivity contribution >= 4 is 0 Å². The average Bonchev–Trinajstić information content (AvgIpc) is 2.46. The van der Waals surface area contributed by atoms with E-state index in [0.717, 1.165) is 12.1 Å². The van der Waals surface area contributed by atoms with Gasteiger partial charge >= 0.3 is 0 Å². The van der Waals surface area contributed by atoms with E-state index in [4.69, 9.17) is 4.74 Å². The number of aromatic hydroxyl groups is 1. The zero-order chi connectivity index (χ0) is 14.5. The lowest BCUT2D eigenvalue weighted by Crippen LogP contribution is -2.18. The lowest BCUT2D eigenvalue weighted by Gasteiger charge is -2.16. The summed E-state index contributed by atoms with van der Waals surface area (Å²) < 4.78 is 5.09. The highest BCUT2D eigenvalue weighted by Crippen LogP contribution is 2.28. The molecule has 0 saturated carbocycles. The Morgan fingerprint density at radius 3 is 2.45 bits per heavy atom. The first-order chi connectivity index (χ1) is 9.60. The van der Waals surface area contributed by atoms with Gasteiger partial charge in [-0.25, -0.2) is 0 Å². The Labute approximate surface area is 120 Å². The maximum Gasteiger partial charge on any atom is 0.124 e. The summed E-state index contributed by atoms with van der Waals surface area (Å²) in [7, 11) is 1.59. The molecule has 3 heteroatoms. The standard InChI is InChI=1S/C17H21NO2/c1-12-4-6-14(7-5-12)11-18-13(2)16-9-8-15(20-3)10-17(16)19/h4-10,13,18-19H,11H2,1-3H3. The van der Waals surface area contributed by atoms with Gasteiger partial charge in [0.2, 0.25) is 0 Å². The van der Waals surface area contributed by atoms with Gasteiger partial charge in [-0.3, -0.25) is 0 Å². The minimum Gasteiger partial charge on any atom is -0.507 e. The van der Waals surface area contributed by atoms with Crippen LogP contribution in [0.1, 0.15) is 29.7 Å². The summed E-state index contributed by atoms with van der Waals surface area (Å²) in [6, 6.07) is 13.9. The van der Waals surface area contributed by atoms with Crippen LogP contribution in [0, 0.1) is 6.92 Å². The van der Waals surface area contributed by atoms with Gasteiger partial charge in [-0.2, -0.15) is 0 Å². The molecule has 0 aromatic heterocycles. The molecule has 1 unspecified atom stereocenters. The third-order valence-corrected chi connectivity index (χ3v) is 3.44. The summed E-state index contributed by atoms with van der Waals surface area (Å²) in [5.41, 5.74) is 3.36. The van der Waals surface area contributed by atoms with Crippen molar-refractivity contribution in [3.8, 4) is 11.5 Å². The van der Waals surface area contributed by atoms with Gasteiger partial charge in [-0.1, -0.05) is 35.9 Å². The molecule has 0 heterocycles. The van der Waals surface area contributed by atoms with Crippen LogP contribution in [-0.4, -0.2) is 12.2 Å². The Morgan fingerprint density at radius 1 is 1.15 bits per heavy atom. The van der Waals surface area contributed by atoms with Crippen LogP contribution in [0.25, 0.3) is 0 Å². The molecule has 20 heavy (non-hydrogen) atoms. The number of nitrogens with one attached hydrogen (secondary N) is 1. The van der Waals surface area contributed by atoms with E-state index in [2.05, 4.69) is 36.5 Å². The van der Waals surface area contributed by atoms with E-state index < -0.39 is 0 Å². The van der Waals surface area contributed by atoms with Gasteiger partial charge in [0.05, 0.1) is 7.11 Å². The number of phenolic OH excluding ortho intramolecular Hbond substituents is 1. The van der Waals surface area contributed by atoms with Crippen LogP contribution in [0.15, 0.2) is 42.5 Å². The van der Waals surface area contributed by atoms with Gasteiger partial charge in [-0.05, 0) is 25.5 Å². The molecule has 1 atom stereocenters. The van der Waals surface area contributed by atoms with Crippen LogP contribution in [0.4, 0.5) is 0 Å². The molecule has 106 valence electrons. The Hall–Kier alpha value is -2.00. The van der Waals surface area contributed by atoms with E-state index in [1.54, 1.807) is 13.2 Å². The molecule has 0 saturated heterocycles. The average molecular weight is 271 g/mol. The summed E-state index contributed by atoms with van der Waals surface area (Å²) in [5.74, 6) is 0.922. The van der Waals surface area contributed by atoms with Crippen molar-refractivity contribution in [3.05, 3.63) is 59.2 Å². The summed E-state index contributed by atoms with van der Waals surface area (Å²) in [5, 5.41) is 13.4. The molecule has 2 N–H and O–H groups in total. The Bertz CT molecular complexity index is 564. The Morgan fingerprint density at radius 2 is 1.85 bits per heavy atom. The van der Waals surface area contributed by atoms with E-state index >= 15 is 0 Å². The van der Waals surface area contributed by atoms with E-state index in [0.29, 0.717) is 5.75 Å². The molecular weight excluding hydrogens is 250 g/mol. The van der Waals surface area contributed by atoms with Gasteiger partial charge < -0.3 is 15.2 Å². The molecule has 3 nitrogen and oxygen atoms in total. The number of benzene rings is 2. The number of phenols is 1. The first kappa shape index (κ1) is 14.4. The number of hydrogen-bond acceptors (Lipinski definition) is 3. The number of hydrogen-bond donors (Lipinski definition) is 2. The van der Waals surface area contributed by atoms with Crippen LogP contribution < -0.4 is 10.1 Å². The van der Waals surface area contributed by atoms with Crippen molar-refractivity contribution in [1.29, 1.82) is 0 Å². The van der Waals surface area contributed by atoms with E-state index in [1.165, 1.54) is 11.1 Å². The second kappa shape index (κ2) is 6.44. The molecule has 0 fully saturated rings. The summed E-state index contributed by atoms with van der Waals surface area (Å²) in [6.07, 6.45) is 0. The molecule has 0 radical (unpaired) electrons. The van der Waals surface area contributed by atoms with Crippen molar-refractivity contribution in [3.63, 3.8) is 0 Å². The molecule has 2 aromatic rings. The topological polar surface area (TPSA) is 41.5 Å². The van der Waals surface area contributed by atoms with E-state index in [-0.39, 0.29) is 11.8 Å². The quantitative estimate of drug-likeness (QED) is 0.873. The van der Waals surface area contributed by atoms with Gasteiger partial charge in [0.1, 0.15) is 11.5 Å². The first-order valence-corrected chi connectivity index (χ1v) is 6.76. The van der Waals surface area contributed by atoms with Gasteiger partial charge in [0, 0.05) is 24.2 Å². The maximum atomic E-state index is 10.0. The van der Waals surface area contributed by atoms with Crippen LogP contribution >= 0.6 is 0 Å². The van der Waals surface area contributed by atoms with E-state index in [9.17, 15) is 5.11 Å². The van der Waals surface area contributed by atoms with Crippen LogP contribution in [0.2, 0.25) is 0 Å². The fourth-order valence-electron chi connectivity index (χ4n) is 2.10. The summed E-state index contributed by atoms with van der Waals surface area (Å²) in [6.45, 7) is 4.89. The Balaban J connectivity index is 2.01. The first-order valence-electron chi connectivity index (χ1n) is 6.76. The largest absolute Gasteiger partial charge is 0.507 e. The van der Waals surface area contributed by atoms with Crippen molar-refractivity contribution in [2.45, 2.75) is 26.4 Å². The molecule has 0 aliphatic rings. The lowest BCUT2D eigenvalue weighted by atomic mass is 10.1. The second-order valence-corrected chi connectivity index (χ2v) is 5.01. The van der Waals surface area contributed by atoms with Crippen molar-refractivity contribution in [2.24, 2.45) is 0 Å². The molecule has 0 aliphatic heterocycles. The smallest absolute Gasteiger partial charge is 0.124 e. The van der Waals surface area contributed by atoms with Gasteiger partial charge in [0.25, 0.3) is 0 Å². The highest BCUT2D eigenvalue weighted by Gasteiger charge is 2.10. The van der Waals surface area contributed by atoms with Crippen molar-refractivity contribution in [1.82, 2.24) is 5.32 Å². The molecule has 2 rings (SSSR count).